The molecule has 0 spiro atoms. The van der Waals surface area contributed by atoms with Gasteiger partial charge in [0.05, 0.1) is 6.04 Å². The average Bonchev–Trinajstić information content (AvgIpc) is 2.15. The Morgan fingerprint density at radius 1 is 1.27 bits per heavy atom. The Bertz CT molecular complexity index is 249. The number of methoxy groups -OCH3 is 2. The highest BCUT2D eigenvalue weighted by atomic mass is 32.2. The molecule has 1 atom stereocenters. The van der Waals surface area contributed by atoms with Crippen LogP contribution in [0.3, 0.4) is 0 Å². The van der Waals surface area contributed by atoms with Crippen LogP contribution in [0.25, 0.3) is 0 Å². The first-order valence-electron chi connectivity index (χ1n) is 4.85. The summed E-state index contributed by atoms with van der Waals surface area (Å²) in [5.74, 6) is 0.200. The van der Waals surface area contributed by atoms with Crippen molar-refractivity contribution in [3.63, 3.8) is 0 Å². The first-order valence-corrected chi connectivity index (χ1v) is 6.91. The molecule has 6 heteroatoms. The molecule has 0 aromatic rings. The zero-order valence-electron chi connectivity index (χ0n) is 9.82. The summed E-state index contributed by atoms with van der Waals surface area (Å²) in [7, 11) is 2.05. The van der Waals surface area contributed by atoms with Crippen LogP contribution in [-0.4, -0.2) is 54.0 Å². The van der Waals surface area contributed by atoms with Gasteiger partial charge in [0, 0.05) is 26.2 Å². The molecule has 1 unspecified atom stereocenters. The normalized spacial score (nSPS) is 14.5. The van der Waals surface area contributed by atoms with E-state index in [9.17, 15) is 8.42 Å². The van der Waals surface area contributed by atoms with Crippen molar-refractivity contribution in [2.75, 3.05) is 33.3 Å². The monoisotopic (exact) mass is 239 g/mol. The van der Waals surface area contributed by atoms with Gasteiger partial charge in [0.2, 0.25) is 0 Å². The maximum atomic E-state index is 10.9. The molecule has 0 radical (unpaired) electrons. The van der Waals surface area contributed by atoms with E-state index >= 15 is 0 Å². The lowest BCUT2D eigenvalue weighted by molar-refractivity contribution is -0.122. The standard InChI is InChI=1S/C9H21NO4S/c1-10-8(9(13-2)14-3)6-5-7-15(4,11)12/h8-10H,5-7H2,1-4H3. The van der Waals surface area contributed by atoms with Crippen LogP contribution in [0, 0.1) is 0 Å². The molecule has 0 heterocycles. The van der Waals surface area contributed by atoms with Crippen molar-refractivity contribution in [3.8, 4) is 0 Å². The summed E-state index contributed by atoms with van der Waals surface area (Å²) in [6, 6.07) is 0.0155. The van der Waals surface area contributed by atoms with E-state index in [1.54, 1.807) is 21.3 Å². The van der Waals surface area contributed by atoms with E-state index < -0.39 is 9.84 Å². The third kappa shape index (κ3) is 6.83. The molecule has 0 aromatic carbocycles. The number of likely N-dealkylation sites (N-methyl/N-ethyl adjacent to an activating group) is 1. The molecule has 15 heavy (non-hydrogen) atoms. The second-order valence-corrected chi connectivity index (χ2v) is 5.77. The molecule has 0 fully saturated rings. The number of rotatable bonds is 8. The number of hydrogen-bond donors (Lipinski definition) is 1. The molecule has 5 nitrogen and oxygen atoms in total. The second-order valence-electron chi connectivity index (χ2n) is 3.51. The first kappa shape index (κ1) is 14.8. The van der Waals surface area contributed by atoms with E-state index in [2.05, 4.69) is 5.32 Å². The third-order valence-electron chi connectivity index (χ3n) is 2.19. The summed E-state index contributed by atoms with van der Waals surface area (Å²) in [6.07, 6.45) is 2.21. The molecular weight excluding hydrogens is 218 g/mol. The Morgan fingerprint density at radius 2 is 1.80 bits per heavy atom. The highest BCUT2D eigenvalue weighted by Crippen LogP contribution is 2.07. The second kappa shape index (κ2) is 7.16. The van der Waals surface area contributed by atoms with E-state index in [1.807, 2.05) is 0 Å². The predicted molar refractivity (Wildman–Crippen MR) is 59.6 cm³/mol. The van der Waals surface area contributed by atoms with Gasteiger partial charge < -0.3 is 14.8 Å². The Morgan fingerprint density at radius 3 is 2.13 bits per heavy atom. The van der Waals surface area contributed by atoms with Crippen molar-refractivity contribution >= 4 is 9.84 Å². The van der Waals surface area contributed by atoms with Crippen LogP contribution < -0.4 is 5.32 Å². The highest BCUT2D eigenvalue weighted by molar-refractivity contribution is 7.90. The lowest BCUT2D eigenvalue weighted by atomic mass is 10.1. The average molecular weight is 239 g/mol. The quantitative estimate of drug-likeness (QED) is 0.605. The summed E-state index contributed by atoms with van der Waals surface area (Å²) < 4.78 is 32.1. The van der Waals surface area contributed by atoms with Crippen LogP contribution in [0.4, 0.5) is 0 Å². The zero-order chi connectivity index (χ0) is 11.9. The molecule has 0 aliphatic rings. The highest BCUT2D eigenvalue weighted by Gasteiger charge is 2.19. The van der Waals surface area contributed by atoms with Crippen molar-refractivity contribution in [1.82, 2.24) is 5.32 Å². The van der Waals surface area contributed by atoms with E-state index in [-0.39, 0.29) is 18.1 Å². The van der Waals surface area contributed by atoms with Crippen molar-refractivity contribution in [3.05, 3.63) is 0 Å². The van der Waals surface area contributed by atoms with Gasteiger partial charge in [-0.1, -0.05) is 0 Å². The zero-order valence-corrected chi connectivity index (χ0v) is 10.6. The summed E-state index contributed by atoms with van der Waals surface area (Å²) in [4.78, 5) is 0. The summed E-state index contributed by atoms with van der Waals surface area (Å²) in [6.45, 7) is 0. The van der Waals surface area contributed by atoms with E-state index in [4.69, 9.17) is 9.47 Å². The van der Waals surface area contributed by atoms with Crippen LogP contribution in [0.5, 0.6) is 0 Å². The molecule has 0 rings (SSSR count). The van der Waals surface area contributed by atoms with Crippen LogP contribution in [0.2, 0.25) is 0 Å². The minimum atomic E-state index is -2.88. The van der Waals surface area contributed by atoms with Crippen molar-refractivity contribution < 1.29 is 17.9 Å². The van der Waals surface area contributed by atoms with Crippen LogP contribution in [-0.2, 0) is 19.3 Å². The molecule has 92 valence electrons. The van der Waals surface area contributed by atoms with Gasteiger partial charge in [0.1, 0.15) is 9.84 Å². The number of hydrogen-bond acceptors (Lipinski definition) is 5. The van der Waals surface area contributed by atoms with Crippen LogP contribution >= 0.6 is 0 Å². The SMILES string of the molecule is CNC(CCCS(C)(=O)=O)C(OC)OC. The van der Waals surface area contributed by atoms with Gasteiger partial charge >= 0.3 is 0 Å². The lowest BCUT2D eigenvalue weighted by Crippen LogP contribution is -2.40. The minimum absolute atomic E-state index is 0.0155. The fourth-order valence-electron chi connectivity index (χ4n) is 1.41. The lowest BCUT2D eigenvalue weighted by Gasteiger charge is -2.24. The van der Waals surface area contributed by atoms with Crippen molar-refractivity contribution in [1.29, 1.82) is 0 Å². The molecule has 0 aromatic heterocycles. The van der Waals surface area contributed by atoms with Crippen LogP contribution in [0.15, 0.2) is 0 Å². The van der Waals surface area contributed by atoms with E-state index in [0.717, 1.165) is 0 Å². The Kier molecular flexibility index (Phi) is 7.08. The largest absolute Gasteiger partial charge is 0.354 e. The molecule has 0 amide bonds. The molecular formula is C9H21NO4S. The predicted octanol–water partition coefficient (Wildman–Crippen LogP) is 0.0181. The summed E-state index contributed by atoms with van der Waals surface area (Å²) >= 11 is 0. The minimum Gasteiger partial charge on any atom is -0.354 e. The summed E-state index contributed by atoms with van der Waals surface area (Å²) in [5, 5.41) is 3.05. The molecule has 0 bridgehead atoms. The van der Waals surface area contributed by atoms with Gasteiger partial charge in [-0.15, -0.1) is 0 Å². The summed E-state index contributed by atoms with van der Waals surface area (Å²) in [5.41, 5.74) is 0. The number of ether oxygens (including phenoxy) is 2. The Balaban J connectivity index is 4.00. The van der Waals surface area contributed by atoms with E-state index in [1.165, 1.54) is 6.26 Å². The third-order valence-corrected chi connectivity index (χ3v) is 3.22. The number of nitrogens with one attached hydrogen (secondary N) is 1. The van der Waals surface area contributed by atoms with Gasteiger partial charge in [0.25, 0.3) is 0 Å². The molecule has 0 saturated heterocycles. The molecule has 0 aliphatic carbocycles. The maximum Gasteiger partial charge on any atom is 0.171 e. The molecule has 0 aliphatic heterocycles. The Labute approximate surface area is 92.1 Å². The van der Waals surface area contributed by atoms with Crippen LogP contribution in [0.1, 0.15) is 12.8 Å². The van der Waals surface area contributed by atoms with Crippen molar-refractivity contribution in [2.24, 2.45) is 0 Å². The van der Waals surface area contributed by atoms with Gasteiger partial charge in [-0.3, -0.25) is 0 Å². The molecule has 0 saturated carbocycles. The van der Waals surface area contributed by atoms with E-state index in [0.29, 0.717) is 12.8 Å². The van der Waals surface area contributed by atoms with Crippen molar-refractivity contribution in [2.45, 2.75) is 25.2 Å². The fourth-order valence-corrected chi connectivity index (χ4v) is 2.10. The smallest absolute Gasteiger partial charge is 0.171 e. The van der Waals surface area contributed by atoms with Gasteiger partial charge in [0.15, 0.2) is 6.29 Å². The topological polar surface area (TPSA) is 64.6 Å². The van der Waals surface area contributed by atoms with Gasteiger partial charge in [-0.25, -0.2) is 8.42 Å². The fraction of sp³-hybridized carbons (Fsp3) is 1.00. The Hall–Kier alpha value is -0.170. The van der Waals surface area contributed by atoms with Gasteiger partial charge in [-0.05, 0) is 19.9 Å². The van der Waals surface area contributed by atoms with Gasteiger partial charge in [-0.2, -0.15) is 0 Å². The first-order chi connectivity index (χ1) is 6.94. The maximum absolute atomic E-state index is 10.9. The molecule has 1 N–H and O–H groups in total. The number of sulfone groups is 1.